The summed E-state index contributed by atoms with van der Waals surface area (Å²) in [6.07, 6.45) is 15.0. The van der Waals surface area contributed by atoms with E-state index in [1.807, 2.05) is 0 Å². The number of hydrogen-bond acceptors (Lipinski definition) is 2. The van der Waals surface area contributed by atoms with Crippen molar-refractivity contribution >= 4 is 0 Å². The Morgan fingerprint density at radius 3 is 2.06 bits per heavy atom. The van der Waals surface area contributed by atoms with E-state index in [1.54, 1.807) is 0 Å². The van der Waals surface area contributed by atoms with Crippen molar-refractivity contribution in [3.8, 4) is 23.3 Å². The lowest BCUT2D eigenvalue weighted by atomic mass is 9.75. The lowest BCUT2D eigenvalue weighted by Crippen LogP contribution is -2.15. The van der Waals surface area contributed by atoms with Crippen LogP contribution in [0.3, 0.4) is 0 Å². The molecule has 0 unspecified atom stereocenters. The van der Waals surface area contributed by atoms with Crippen LogP contribution in [0.5, 0.6) is 0 Å². The smallest absolute Gasteiger partial charge is 0.101 e. The van der Waals surface area contributed by atoms with E-state index in [0.717, 1.165) is 41.9 Å². The van der Waals surface area contributed by atoms with Crippen LogP contribution in [0.25, 0.3) is 11.1 Å². The molecule has 0 aliphatic heterocycles. The van der Waals surface area contributed by atoms with Crippen LogP contribution in [0.1, 0.15) is 113 Å². The standard InChI is InChI=1S/C30H38N2/c1-3-5-7-8-10-24-13-17-26(18-14-24)28-20-19-27(29(21-31)30(28)22-32)25-15-11-23(12-16-25)9-6-4-2/h11-12,15-16,19-20,24,26H,3-10,13-14,17-18H2,1-2H3. The molecule has 32 heavy (non-hydrogen) atoms. The van der Waals surface area contributed by atoms with Crippen LogP contribution in [-0.2, 0) is 6.42 Å². The first-order valence-corrected chi connectivity index (χ1v) is 12.8. The first kappa shape index (κ1) is 24.1. The maximum atomic E-state index is 9.99. The summed E-state index contributed by atoms with van der Waals surface area (Å²) < 4.78 is 0. The third-order valence-electron chi connectivity index (χ3n) is 7.30. The predicted octanol–water partition coefficient (Wildman–Crippen LogP) is 8.68. The second-order valence-corrected chi connectivity index (χ2v) is 9.54. The van der Waals surface area contributed by atoms with Crippen molar-refractivity contribution in [3.05, 3.63) is 58.7 Å². The largest absolute Gasteiger partial charge is 0.192 e. The molecule has 0 atom stereocenters. The minimum absolute atomic E-state index is 0.411. The molecule has 0 saturated heterocycles. The molecule has 0 aromatic heterocycles. The van der Waals surface area contributed by atoms with Gasteiger partial charge in [0.15, 0.2) is 0 Å². The molecule has 3 rings (SSSR count). The number of rotatable bonds is 10. The molecular formula is C30H38N2. The van der Waals surface area contributed by atoms with Crippen LogP contribution in [0.2, 0.25) is 0 Å². The summed E-state index contributed by atoms with van der Waals surface area (Å²) in [6.45, 7) is 4.47. The molecule has 2 aromatic carbocycles. The van der Waals surface area contributed by atoms with Crippen LogP contribution in [0.15, 0.2) is 36.4 Å². The van der Waals surface area contributed by atoms with Crippen molar-refractivity contribution in [1.29, 1.82) is 10.5 Å². The van der Waals surface area contributed by atoms with E-state index in [9.17, 15) is 10.5 Å². The molecule has 0 bridgehead atoms. The van der Waals surface area contributed by atoms with Crippen molar-refractivity contribution in [1.82, 2.24) is 0 Å². The summed E-state index contributed by atoms with van der Waals surface area (Å²) in [5, 5.41) is 20.0. The SMILES string of the molecule is CCCCCCC1CCC(c2ccc(-c3ccc(CCCC)cc3)c(C#N)c2C#N)CC1. The number of aryl methyl sites for hydroxylation is 1. The van der Waals surface area contributed by atoms with Gasteiger partial charge in [-0.25, -0.2) is 0 Å². The Hall–Kier alpha value is -2.58. The van der Waals surface area contributed by atoms with Gasteiger partial charge in [-0.2, -0.15) is 10.5 Å². The van der Waals surface area contributed by atoms with E-state index in [-0.39, 0.29) is 0 Å². The molecule has 0 radical (unpaired) electrons. The van der Waals surface area contributed by atoms with E-state index < -0.39 is 0 Å². The summed E-state index contributed by atoms with van der Waals surface area (Å²) in [5.74, 6) is 1.25. The van der Waals surface area contributed by atoms with Gasteiger partial charge in [0, 0.05) is 5.56 Å². The Kier molecular flexibility index (Phi) is 9.37. The van der Waals surface area contributed by atoms with Gasteiger partial charge in [0.2, 0.25) is 0 Å². The van der Waals surface area contributed by atoms with Gasteiger partial charge >= 0.3 is 0 Å². The van der Waals surface area contributed by atoms with Crippen LogP contribution >= 0.6 is 0 Å². The highest BCUT2D eigenvalue weighted by Gasteiger charge is 2.26. The number of nitriles is 2. The molecular weight excluding hydrogens is 388 g/mol. The monoisotopic (exact) mass is 426 g/mol. The zero-order valence-electron chi connectivity index (χ0n) is 20.0. The van der Waals surface area contributed by atoms with Gasteiger partial charge in [0.05, 0.1) is 11.1 Å². The van der Waals surface area contributed by atoms with Crippen molar-refractivity contribution in [3.63, 3.8) is 0 Å². The van der Waals surface area contributed by atoms with Crippen molar-refractivity contribution in [2.45, 2.75) is 96.8 Å². The summed E-state index contributed by atoms with van der Waals surface area (Å²) in [6, 6.07) is 17.5. The van der Waals surface area contributed by atoms with E-state index in [4.69, 9.17) is 0 Å². The maximum absolute atomic E-state index is 9.99. The van der Waals surface area contributed by atoms with Crippen molar-refractivity contribution < 1.29 is 0 Å². The molecule has 2 heteroatoms. The lowest BCUT2D eigenvalue weighted by molar-refractivity contribution is 0.302. The van der Waals surface area contributed by atoms with Gasteiger partial charge in [-0.1, -0.05) is 88.8 Å². The molecule has 2 aromatic rings. The summed E-state index contributed by atoms with van der Waals surface area (Å²) >= 11 is 0. The van der Waals surface area contributed by atoms with E-state index in [2.05, 4.69) is 62.4 Å². The molecule has 1 fully saturated rings. The first-order valence-electron chi connectivity index (χ1n) is 12.8. The molecule has 0 heterocycles. The minimum Gasteiger partial charge on any atom is -0.192 e. The highest BCUT2D eigenvalue weighted by molar-refractivity contribution is 5.75. The predicted molar refractivity (Wildman–Crippen MR) is 133 cm³/mol. The number of nitrogens with zero attached hydrogens (tertiary/aromatic N) is 2. The summed E-state index contributed by atoms with van der Waals surface area (Å²) in [5.41, 5.74) is 5.49. The molecule has 168 valence electrons. The highest BCUT2D eigenvalue weighted by atomic mass is 14.3. The zero-order chi connectivity index (χ0) is 22.8. The normalized spacial score (nSPS) is 18.1. The second kappa shape index (κ2) is 12.5. The van der Waals surface area contributed by atoms with Crippen LogP contribution in [0.4, 0.5) is 0 Å². The Morgan fingerprint density at radius 2 is 1.44 bits per heavy atom. The van der Waals surface area contributed by atoms with Gasteiger partial charge in [-0.15, -0.1) is 0 Å². The maximum Gasteiger partial charge on any atom is 0.101 e. The van der Waals surface area contributed by atoms with Gasteiger partial charge in [-0.3, -0.25) is 0 Å². The van der Waals surface area contributed by atoms with Crippen LogP contribution < -0.4 is 0 Å². The Balaban J connectivity index is 1.74. The number of benzene rings is 2. The average Bonchev–Trinajstić information content (AvgIpc) is 2.85. The third kappa shape index (κ3) is 6.01. The molecule has 1 aliphatic rings. The van der Waals surface area contributed by atoms with Crippen LogP contribution in [-0.4, -0.2) is 0 Å². The minimum atomic E-state index is 0.411. The quantitative estimate of drug-likeness (QED) is 0.357. The molecule has 2 nitrogen and oxygen atoms in total. The molecule has 0 spiro atoms. The molecule has 1 aliphatic carbocycles. The summed E-state index contributed by atoms with van der Waals surface area (Å²) in [7, 11) is 0. The van der Waals surface area contributed by atoms with Crippen molar-refractivity contribution in [2.24, 2.45) is 5.92 Å². The average molecular weight is 427 g/mol. The van der Waals surface area contributed by atoms with Crippen molar-refractivity contribution in [2.75, 3.05) is 0 Å². The Morgan fingerprint density at radius 1 is 0.750 bits per heavy atom. The van der Waals surface area contributed by atoms with Gasteiger partial charge < -0.3 is 0 Å². The topological polar surface area (TPSA) is 47.6 Å². The Labute approximate surface area is 195 Å². The fourth-order valence-corrected chi connectivity index (χ4v) is 5.29. The fraction of sp³-hybridized carbons (Fsp3) is 0.533. The van der Waals surface area contributed by atoms with Crippen LogP contribution in [0, 0.1) is 28.6 Å². The van der Waals surface area contributed by atoms with Gasteiger partial charge in [0.1, 0.15) is 12.1 Å². The number of hydrogen-bond donors (Lipinski definition) is 0. The molecule has 0 N–H and O–H groups in total. The Bertz CT molecular complexity index is 935. The van der Waals surface area contributed by atoms with E-state index in [0.29, 0.717) is 17.0 Å². The molecule has 1 saturated carbocycles. The van der Waals surface area contributed by atoms with Gasteiger partial charge in [0.25, 0.3) is 0 Å². The highest BCUT2D eigenvalue weighted by Crippen LogP contribution is 2.41. The van der Waals surface area contributed by atoms with E-state index >= 15 is 0 Å². The van der Waals surface area contributed by atoms with E-state index in [1.165, 1.54) is 63.4 Å². The lowest BCUT2D eigenvalue weighted by Gasteiger charge is -2.29. The second-order valence-electron chi connectivity index (χ2n) is 9.54. The third-order valence-corrected chi connectivity index (χ3v) is 7.30. The summed E-state index contributed by atoms with van der Waals surface area (Å²) in [4.78, 5) is 0. The fourth-order valence-electron chi connectivity index (χ4n) is 5.29. The molecule has 0 amide bonds. The number of unbranched alkanes of at least 4 members (excludes halogenated alkanes) is 4. The van der Waals surface area contributed by atoms with Gasteiger partial charge in [-0.05, 0) is 67.1 Å². The zero-order valence-corrected chi connectivity index (χ0v) is 20.0. The first-order chi connectivity index (χ1) is 15.7.